The average Bonchev–Trinajstić information content (AvgIpc) is 2.97. The maximum absolute atomic E-state index is 4.72. The molecule has 0 fully saturated rings. The van der Waals surface area contributed by atoms with Gasteiger partial charge in [-0.25, -0.2) is 0 Å². The molecule has 0 aliphatic rings. The monoisotopic (exact) mass is 414 g/mol. The number of anilines is 2. The van der Waals surface area contributed by atoms with Gasteiger partial charge in [0.1, 0.15) is 13.3 Å². The van der Waals surface area contributed by atoms with Crippen molar-refractivity contribution in [3.8, 4) is 0 Å². The molecule has 6 heteroatoms. The molecule has 0 amide bonds. The third kappa shape index (κ3) is 5.89. The molecular weight excluding hydrogens is 378 g/mol. The Morgan fingerprint density at radius 1 is 1.10 bits per heavy atom. The van der Waals surface area contributed by atoms with Crippen LogP contribution in [0.15, 0.2) is 47.1 Å². The molecule has 2 aromatic rings. The summed E-state index contributed by atoms with van der Waals surface area (Å²) in [5.74, 6) is 0. The third-order valence-corrected chi connectivity index (χ3v) is 5.75. The van der Waals surface area contributed by atoms with Crippen LogP contribution in [0.1, 0.15) is 48.5 Å². The first kappa shape index (κ1) is 23.1. The van der Waals surface area contributed by atoms with E-state index in [2.05, 4.69) is 95.7 Å². The summed E-state index contributed by atoms with van der Waals surface area (Å²) in [6.45, 7) is 15.5. The highest BCUT2D eigenvalue weighted by Gasteiger charge is 2.24. The lowest BCUT2D eigenvalue weighted by molar-refractivity contribution is -0.712. The smallest absolute Gasteiger partial charge is 0.348 e. The van der Waals surface area contributed by atoms with E-state index >= 15 is 0 Å². The number of para-hydroxylation sites is 1. The van der Waals surface area contributed by atoms with Crippen molar-refractivity contribution in [2.24, 2.45) is 17.5 Å². The number of aliphatic imine (C=N–C) groups is 1. The molecule has 158 valence electrons. The zero-order valence-corrected chi connectivity index (χ0v) is 20.2. The highest BCUT2D eigenvalue weighted by molar-refractivity contribution is 7.18. The van der Waals surface area contributed by atoms with Crippen LogP contribution in [0.3, 0.4) is 0 Å². The highest BCUT2D eigenvalue weighted by atomic mass is 32.1. The maximum atomic E-state index is 4.72. The van der Waals surface area contributed by atoms with Gasteiger partial charge < -0.3 is 9.80 Å². The average molecular weight is 415 g/mol. The molecule has 2 rings (SSSR count). The summed E-state index contributed by atoms with van der Waals surface area (Å²) in [6, 6.07) is 11.2. The van der Waals surface area contributed by atoms with E-state index < -0.39 is 0 Å². The Morgan fingerprint density at radius 3 is 2.21 bits per heavy atom. The number of rotatable bonds is 7. The molecule has 0 aliphatic carbocycles. The number of nitrogens with zero attached hydrogens (tertiary/aromatic N) is 5. The lowest BCUT2D eigenvalue weighted by Crippen LogP contribution is -2.39. The molecule has 0 saturated heterocycles. The normalized spacial score (nSPS) is 13.0. The number of aromatic nitrogens is 2. The summed E-state index contributed by atoms with van der Waals surface area (Å²) in [7, 11) is 4.06. The van der Waals surface area contributed by atoms with E-state index in [1.165, 1.54) is 5.70 Å². The summed E-state index contributed by atoms with van der Waals surface area (Å²) in [4.78, 5) is 9.27. The second-order valence-electron chi connectivity index (χ2n) is 8.86. The van der Waals surface area contributed by atoms with Crippen LogP contribution in [0.5, 0.6) is 0 Å². The molecule has 0 spiro atoms. The van der Waals surface area contributed by atoms with Crippen LogP contribution >= 0.6 is 11.3 Å². The summed E-state index contributed by atoms with van der Waals surface area (Å²) in [5.41, 5.74) is 2.35. The van der Waals surface area contributed by atoms with Gasteiger partial charge in [0.25, 0.3) is 0 Å². The minimum atomic E-state index is -0.0102. The van der Waals surface area contributed by atoms with Crippen molar-refractivity contribution in [1.82, 2.24) is 5.10 Å². The van der Waals surface area contributed by atoms with Gasteiger partial charge in [0.05, 0.1) is 0 Å². The second kappa shape index (κ2) is 9.53. The van der Waals surface area contributed by atoms with E-state index in [4.69, 9.17) is 10.1 Å². The predicted molar refractivity (Wildman–Crippen MR) is 127 cm³/mol. The number of benzene rings is 1. The molecule has 0 bridgehead atoms. The summed E-state index contributed by atoms with van der Waals surface area (Å²) >= 11 is 1.63. The largest absolute Gasteiger partial charge is 0.406 e. The van der Waals surface area contributed by atoms with Crippen LogP contribution in [0.2, 0.25) is 0 Å². The molecule has 1 heterocycles. The van der Waals surface area contributed by atoms with Gasteiger partial charge >= 0.3 is 5.13 Å². The Bertz CT molecular complexity index is 836. The molecule has 1 aromatic heterocycles. The molecule has 0 atom stereocenters. The van der Waals surface area contributed by atoms with Gasteiger partial charge in [-0.15, -0.1) is 4.68 Å². The van der Waals surface area contributed by atoms with Gasteiger partial charge in [0.2, 0.25) is 5.13 Å². The van der Waals surface area contributed by atoms with Crippen LogP contribution in [-0.4, -0.2) is 30.4 Å². The molecule has 0 radical (unpaired) electrons. The van der Waals surface area contributed by atoms with Crippen LogP contribution in [0.4, 0.5) is 16.0 Å². The second-order valence-corrected chi connectivity index (χ2v) is 9.79. The van der Waals surface area contributed by atoms with Gasteiger partial charge in [-0.2, -0.15) is 0 Å². The highest BCUT2D eigenvalue weighted by Crippen LogP contribution is 2.31. The van der Waals surface area contributed by atoms with Crippen molar-refractivity contribution in [2.45, 2.75) is 60.5 Å². The first-order chi connectivity index (χ1) is 13.5. The fraction of sp³-hybridized carbons (Fsp3) is 0.522. The zero-order chi connectivity index (χ0) is 21.8. The van der Waals surface area contributed by atoms with Gasteiger partial charge in [-0.05, 0) is 56.2 Å². The lowest BCUT2D eigenvalue weighted by Gasteiger charge is -2.32. The van der Waals surface area contributed by atoms with E-state index in [0.29, 0.717) is 12.1 Å². The molecule has 0 saturated carbocycles. The van der Waals surface area contributed by atoms with Gasteiger partial charge in [-0.1, -0.05) is 44.1 Å². The Labute approximate surface area is 180 Å². The lowest BCUT2D eigenvalue weighted by atomic mass is 9.90. The minimum absolute atomic E-state index is 0.0102. The molecule has 5 nitrogen and oxygen atoms in total. The molecular formula is C23H36N5S+. The molecule has 29 heavy (non-hydrogen) atoms. The predicted octanol–water partition coefficient (Wildman–Crippen LogP) is 5.36. The van der Waals surface area contributed by atoms with Crippen molar-refractivity contribution >= 4 is 33.5 Å². The van der Waals surface area contributed by atoms with Crippen LogP contribution in [0.25, 0.3) is 0 Å². The van der Waals surface area contributed by atoms with Crippen molar-refractivity contribution in [3.63, 3.8) is 0 Å². The summed E-state index contributed by atoms with van der Waals surface area (Å²) < 4.78 is 1.86. The van der Waals surface area contributed by atoms with Crippen LogP contribution in [0, 0.1) is 5.41 Å². The van der Waals surface area contributed by atoms with Crippen molar-refractivity contribution < 1.29 is 4.68 Å². The number of allylic oxidation sites excluding steroid dienone is 2. The van der Waals surface area contributed by atoms with E-state index in [0.717, 1.165) is 16.0 Å². The number of hydrogen-bond acceptors (Lipinski definition) is 5. The van der Waals surface area contributed by atoms with Gasteiger partial charge in [0.15, 0.2) is 0 Å². The maximum Gasteiger partial charge on any atom is 0.406 e. The van der Waals surface area contributed by atoms with Crippen molar-refractivity contribution in [3.05, 3.63) is 42.1 Å². The number of hydrogen-bond donors (Lipinski definition) is 0. The first-order valence-electron chi connectivity index (χ1n) is 10.2. The van der Waals surface area contributed by atoms with E-state index in [1.807, 2.05) is 24.0 Å². The standard InChI is InChI=1S/C23H36N5S/c1-17(2)28(18(3)4)22-25-27(9)21(29-22)24-16-15-20(23(5,6)7)26(8)19-13-11-10-12-14-19/h10-18H,1-9H3/q+1. The SMILES string of the molecule is CC(C)N(c1n[n+](C)c(/N=C/C=C(\N(C)c2ccccc2)C(C)(C)C)s1)C(C)C. The first-order valence-corrected chi connectivity index (χ1v) is 11.0. The third-order valence-electron chi connectivity index (χ3n) is 4.72. The van der Waals surface area contributed by atoms with E-state index in [9.17, 15) is 0 Å². The zero-order valence-electron chi connectivity index (χ0n) is 19.3. The van der Waals surface area contributed by atoms with Crippen LogP contribution in [-0.2, 0) is 7.05 Å². The van der Waals surface area contributed by atoms with Crippen molar-refractivity contribution in [1.29, 1.82) is 0 Å². The molecule has 0 N–H and O–H groups in total. The Hall–Kier alpha value is -2.21. The minimum Gasteiger partial charge on any atom is -0.348 e. The fourth-order valence-electron chi connectivity index (χ4n) is 3.42. The van der Waals surface area contributed by atoms with E-state index in [1.54, 1.807) is 11.3 Å². The van der Waals surface area contributed by atoms with E-state index in [-0.39, 0.29) is 5.41 Å². The van der Waals surface area contributed by atoms with Gasteiger partial charge in [0, 0.05) is 42.0 Å². The summed E-state index contributed by atoms with van der Waals surface area (Å²) in [5, 5.41) is 6.59. The topological polar surface area (TPSA) is 35.6 Å². The van der Waals surface area contributed by atoms with Crippen LogP contribution < -0.4 is 14.5 Å². The summed E-state index contributed by atoms with van der Waals surface area (Å²) in [6.07, 6.45) is 4.00. The fourth-order valence-corrected chi connectivity index (χ4v) is 4.56. The molecule has 1 aromatic carbocycles. The number of aryl methyl sites for hydroxylation is 1. The Morgan fingerprint density at radius 2 is 1.69 bits per heavy atom. The Kier molecular flexibility index (Phi) is 7.58. The Balaban J connectivity index is 2.32. The van der Waals surface area contributed by atoms with Crippen molar-refractivity contribution in [2.75, 3.05) is 16.8 Å². The van der Waals surface area contributed by atoms with Gasteiger partial charge in [-0.3, -0.25) is 0 Å². The molecule has 0 unspecified atom stereocenters. The molecule has 0 aliphatic heterocycles. The quantitative estimate of drug-likeness (QED) is 0.452.